The molecule has 3 aromatic rings. The molecule has 1 aliphatic rings. The summed E-state index contributed by atoms with van der Waals surface area (Å²) in [4.78, 5) is 21.0. The molecule has 0 bridgehead atoms. The lowest BCUT2D eigenvalue weighted by Crippen LogP contribution is -2.36. The number of rotatable bonds is 5. The number of halogens is 3. The first-order valence-electron chi connectivity index (χ1n) is 10.4. The molecule has 0 atom stereocenters. The van der Waals surface area contributed by atoms with Crippen molar-refractivity contribution in [1.82, 2.24) is 4.98 Å². The fourth-order valence-corrected chi connectivity index (χ4v) is 3.59. The largest absolute Gasteiger partial charge is 0.416 e. The van der Waals surface area contributed by atoms with Crippen LogP contribution in [0.2, 0.25) is 0 Å². The molecule has 1 aromatic heterocycles. The SMILES string of the molecule is CN(c1ccccc1)c1ccc(C(=O)Nc2cc(C(F)(F)F)ccc2N2CCOCC2)cn1. The maximum atomic E-state index is 13.3. The fourth-order valence-electron chi connectivity index (χ4n) is 3.59. The third-order valence-corrected chi connectivity index (χ3v) is 5.42. The van der Waals surface area contributed by atoms with Gasteiger partial charge in [0, 0.05) is 32.0 Å². The van der Waals surface area contributed by atoms with Crippen molar-refractivity contribution in [1.29, 1.82) is 0 Å². The van der Waals surface area contributed by atoms with Crippen LogP contribution >= 0.6 is 0 Å². The van der Waals surface area contributed by atoms with E-state index >= 15 is 0 Å². The summed E-state index contributed by atoms with van der Waals surface area (Å²) in [7, 11) is 1.86. The van der Waals surface area contributed by atoms with Crippen molar-refractivity contribution in [3.05, 3.63) is 78.0 Å². The Morgan fingerprint density at radius 2 is 1.79 bits per heavy atom. The molecule has 33 heavy (non-hydrogen) atoms. The summed E-state index contributed by atoms with van der Waals surface area (Å²) in [5.74, 6) is 0.0936. The highest BCUT2D eigenvalue weighted by molar-refractivity contribution is 6.06. The lowest BCUT2D eigenvalue weighted by molar-refractivity contribution is -0.137. The first-order chi connectivity index (χ1) is 15.8. The average molecular weight is 456 g/mol. The lowest BCUT2D eigenvalue weighted by Gasteiger charge is -2.31. The first kappa shape index (κ1) is 22.6. The quantitative estimate of drug-likeness (QED) is 0.588. The molecule has 0 aliphatic carbocycles. The van der Waals surface area contributed by atoms with E-state index in [-0.39, 0.29) is 11.3 Å². The van der Waals surface area contributed by atoms with Gasteiger partial charge in [0.25, 0.3) is 5.91 Å². The average Bonchev–Trinajstić information content (AvgIpc) is 2.84. The molecule has 0 saturated carbocycles. The third-order valence-electron chi connectivity index (χ3n) is 5.42. The molecule has 0 unspecified atom stereocenters. The number of ether oxygens (including phenoxy) is 1. The van der Waals surface area contributed by atoms with Crippen LogP contribution in [0.1, 0.15) is 15.9 Å². The van der Waals surface area contributed by atoms with E-state index in [2.05, 4.69) is 10.3 Å². The van der Waals surface area contributed by atoms with Gasteiger partial charge in [-0.25, -0.2) is 4.98 Å². The van der Waals surface area contributed by atoms with Gasteiger partial charge in [-0.1, -0.05) is 18.2 Å². The van der Waals surface area contributed by atoms with Crippen LogP contribution in [0, 0.1) is 0 Å². The van der Waals surface area contributed by atoms with Gasteiger partial charge < -0.3 is 19.9 Å². The summed E-state index contributed by atoms with van der Waals surface area (Å²) in [6.07, 6.45) is -3.11. The van der Waals surface area contributed by atoms with E-state index in [4.69, 9.17) is 4.74 Å². The Bertz CT molecular complexity index is 1100. The molecular weight excluding hydrogens is 433 g/mol. The number of nitrogens with zero attached hydrogens (tertiary/aromatic N) is 3. The van der Waals surface area contributed by atoms with E-state index in [0.717, 1.165) is 17.8 Å². The van der Waals surface area contributed by atoms with Crippen molar-refractivity contribution in [2.75, 3.05) is 48.5 Å². The van der Waals surface area contributed by atoms with Crippen LogP contribution in [0.3, 0.4) is 0 Å². The zero-order valence-corrected chi connectivity index (χ0v) is 18.0. The normalized spacial score (nSPS) is 14.1. The van der Waals surface area contributed by atoms with Gasteiger partial charge in [0.15, 0.2) is 0 Å². The Hall–Kier alpha value is -3.59. The maximum Gasteiger partial charge on any atom is 0.416 e. The molecule has 0 spiro atoms. The van der Waals surface area contributed by atoms with Crippen molar-refractivity contribution in [3.8, 4) is 0 Å². The third kappa shape index (κ3) is 5.25. The number of anilines is 4. The zero-order chi connectivity index (χ0) is 23.4. The highest BCUT2D eigenvalue weighted by Crippen LogP contribution is 2.36. The van der Waals surface area contributed by atoms with E-state index in [1.54, 1.807) is 12.1 Å². The highest BCUT2D eigenvalue weighted by atomic mass is 19.4. The number of benzene rings is 2. The predicted molar refractivity (Wildman–Crippen MR) is 121 cm³/mol. The Morgan fingerprint density at radius 3 is 2.42 bits per heavy atom. The Labute approximate surface area is 189 Å². The summed E-state index contributed by atoms with van der Waals surface area (Å²) in [6.45, 7) is 1.98. The molecule has 1 N–H and O–H groups in total. The number of para-hydroxylation sites is 1. The number of alkyl halides is 3. The number of hydrogen-bond donors (Lipinski definition) is 1. The van der Waals surface area contributed by atoms with Crippen LogP contribution in [0.4, 0.5) is 36.1 Å². The molecule has 2 heterocycles. The van der Waals surface area contributed by atoms with Gasteiger partial charge in [0.2, 0.25) is 0 Å². The molecule has 172 valence electrons. The van der Waals surface area contributed by atoms with Gasteiger partial charge in [-0.2, -0.15) is 13.2 Å². The minimum absolute atomic E-state index is 0.0993. The zero-order valence-electron chi connectivity index (χ0n) is 18.0. The summed E-state index contributed by atoms with van der Waals surface area (Å²) in [5, 5.41) is 2.64. The van der Waals surface area contributed by atoms with E-state index in [0.29, 0.717) is 37.8 Å². The smallest absolute Gasteiger partial charge is 0.378 e. The predicted octanol–water partition coefficient (Wildman–Crippen LogP) is 4.96. The summed E-state index contributed by atoms with van der Waals surface area (Å²) >= 11 is 0. The van der Waals surface area contributed by atoms with Crippen molar-refractivity contribution < 1.29 is 22.7 Å². The molecule has 4 rings (SSSR count). The summed E-state index contributed by atoms with van der Waals surface area (Å²) < 4.78 is 45.2. The van der Waals surface area contributed by atoms with E-state index < -0.39 is 17.6 Å². The standard InChI is InChI=1S/C24H23F3N4O2/c1-30(19-5-3-2-4-6-19)22-10-7-17(16-28-22)23(32)29-20-15-18(24(25,26)27)8-9-21(20)31-11-13-33-14-12-31/h2-10,15-16H,11-14H2,1H3,(H,29,32). The van der Waals surface area contributed by atoms with Crippen LogP contribution in [-0.2, 0) is 10.9 Å². The Balaban J connectivity index is 1.56. The summed E-state index contributed by atoms with van der Waals surface area (Å²) in [6, 6.07) is 16.3. The van der Waals surface area contributed by atoms with Crippen molar-refractivity contribution >= 4 is 28.8 Å². The molecule has 1 aliphatic heterocycles. The topological polar surface area (TPSA) is 57.7 Å². The minimum Gasteiger partial charge on any atom is -0.378 e. The molecule has 1 saturated heterocycles. The molecular formula is C24H23F3N4O2. The molecule has 0 radical (unpaired) electrons. The number of hydrogen-bond acceptors (Lipinski definition) is 5. The van der Waals surface area contributed by atoms with E-state index in [9.17, 15) is 18.0 Å². The minimum atomic E-state index is -4.52. The Morgan fingerprint density at radius 1 is 1.06 bits per heavy atom. The fraction of sp³-hybridized carbons (Fsp3) is 0.250. The molecule has 9 heteroatoms. The van der Waals surface area contributed by atoms with Crippen LogP contribution in [-0.4, -0.2) is 44.2 Å². The van der Waals surface area contributed by atoms with Gasteiger partial charge in [-0.3, -0.25) is 4.79 Å². The van der Waals surface area contributed by atoms with E-state index in [1.807, 2.05) is 47.2 Å². The first-order valence-corrected chi connectivity index (χ1v) is 10.4. The highest BCUT2D eigenvalue weighted by Gasteiger charge is 2.32. The van der Waals surface area contributed by atoms with Crippen LogP contribution in [0.5, 0.6) is 0 Å². The number of aromatic nitrogens is 1. The van der Waals surface area contributed by atoms with Gasteiger partial charge in [-0.05, 0) is 42.5 Å². The number of morpholine rings is 1. The monoisotopic (exact) mass is 456 g/mol. The Kier molecular flexibility index (Phi) is 6.50. The van der Waals surface area contributed by atoms with Crippen molar-refractivity contribution in [3.63, 3.8) is 0 Å². The van der Waals surface area contributed by atoms with Gasteiger partial charge >= 0.3 is 6.18 Å². The van der Waals surface area contributed by atoms with Crippen LogP contribution in [0.15, 0.2) is 66.9 Å². The van der Waals surface area contributed by atoms with Gasteiger partial charge in [0.1, 0.15) is 5.82 Å². The lowest BCUT2D eigenvalue weighted by atomic mass is 10.1. The molecule has 6 nitrogen and oxygen atoms in total. The van der Waals surface area contributed by atoms with Crippen molar-refractivity contribution in [2.24, 2.45) is 0 Å². The number of carbonyl (C=O) groups excluding carboxylic acids is 1. The second kappa shape index (κ2) is 9.50. The maximum absolute atomic E-state index is 13.3. The van der Waals surface area contributed by atoms with Crippen LogP contribution in [0.25, 0.3) is 0 Å². The second-order valence-electron chi connectivity index (χ2n) is 7.58. The van der Waals surface area contributed by atoms with Crippen molar-refractivity contribution in [2.45, 2.75) is 6.18 Å². The second-order valence-corrected chi connectivity index (χ2v) is 7.58. The van der Waals surface area contributed by atoms with Gasteiger partial charge in [0.05, 0.1) is 35.7 Å². The number of carbonyl (C=O) groups is 1. The number of amides is 1. The number of pyridine rings is 1. The van der Waals surface area contributed by atoms with Crippen LogP contribution < -0.4 is 15.1 Å². The molecule has 1 fully saturated rings. The molecule has 1 amide bonds. The van der Waals surface area contributed by atoms with E-state index in [1.165, 1.54) is 12.3 Å². The summed E-state index contributed by atoms with van der Waals surface area (Å²) in [5.41, 5.74) is 0.967. The molecule has 2 aromatic carbocycles. The van der Waals surface area contributed by atoms with Gasteiger partial charge in [-0.15, -0.1) is 0 Å². The number of nitrogens with one attached hydrogen (secondary N) is 1.